The van der Waals surface area contributed by atoms with Gasteiger partial charge in [0.25, 0.3) is 0 Å². The quantitative estimate of drug-likeness (QED) is 0.921. The lowest BCUT2D eigenvalue weighted by atomic mass is 9.99. The van der Waals surface area contributed by atoms with Gasteiger partial charge in [0.05, 0.1) is 6.54 Å². The molecule has 2 aromatic rings. The first kappa shape index (κ1) is 14.4. The highest BCUT2D eigenvalue weighted by Crippen LogP contribution is 2.30. The zero-order valence-electron chi connectivity index (χ0n) is 11.1. The summed E-state index contributed by atoms with van der Waals surface area (Å²) in [6, 6.07) is 5.00. The summed E-state index contributed by atoms with van der Waals surface area (Å²) in [4.78, 5) is 13.5. The molecule has 1 aromatic carbocycles. The molecule has 0 aliphatic carbocycles. The molecule has 2 heterocycles. The maximum absolute atomic E-state index is 11.4. The average molecular weight is 326 g/mol. The molecule has 0 amide bonds. The summed E-state index contributed by atoms with van der Waals surface area (Å²) in [6.45, 7) is 2.00. The Hall–Kier alpha value is -1.49. The number of benzene rings is 1. The maximum atomic E-state index is 11.4. The molecule has 4 nitrogen and oxygen atoms in total. The Morgan fingerprint density at radius 3 is 2.86 bits per heavy atom. The van der Waals surface area contributed by atoms with E-state index in [4.69, 9.17) is 27.6 Å². The minimum Gasteiger partial charge on any atom is -0.502 e. The van der Waals surface area contributed by atoms with Crippen LogP contribution in [0.5, 0.6) is 5.75 Å². The summed E-state index contributed by atoms with van der Waals surface area (Å²) >= 11 is 12.3. The molecule has 0 fully saturated rings. The van der Waals surface area contributed by atoms with Crippen LogP contribution in [-0.2, 0) is 19.5 Å². The first-order chi connectivity index (χ1) is 10.0. The molecule has 1 aromatic heterocycles. The summed E-state index contributed by atoms with van der Waals surface area (Å²) in [5, 5.41) is 10.5. The summed E-state index contributed by atoms with van der Waals surface area (Å²) in [6.07, 6.45) is 1.92. The molecular formula is C15H13Cl2NO3. The largest absolute Gasteiger partial charge is 0.502 e. The van der Waals surface area contributed by atoms with Crippen molar-refractivity contribution in [2.75, 3.05) is 6.54 Å². The van der Waals surface area contributed by atoms with Gasteiger partial charge in [0.2, 0.25) is 5.43 Å². The van der Waals surface area contributed by atoms with E-state index in [0.717, 1.165) is 30.4 Å². The fraction of sp³-hybridized carbons (Fsp3) is 0.267. The molecule has 1 aliphatic rings. The van der Waals surface area contributed by atoms with Crippen LogP contribution in [-0.4, -0.2) is 16.6 Å². The molecule has 0 saturated carbocycles. The van der Waals surface area contributed by atoms with Gasteiger partial charge in [-0.3, -0.25) is 9.69 Å². The standard InChI is InChI=1S/C15H13Cl2NO3/c16-10-3-9-1-2-18(7-12(9)13(17)4-10)6-11-5-14(19)15(20)8-21-11/h3-5,8,20H,1-2,6-7H2. The van der Waals surface area contributed by atoms with E-state index in [2.05, 4.69) is 4.90 Å². The fourth-order valence-corrected chi connectivity index (χ4v) is 3.12. The Morgan fingerprint density at radius 2 is 2.10 bits per heavy atom. The van der Waals surface area contributed by atoms with Crippen molar-refractivity contribution in [1.82, 2.24) is 4.90 Å². The van der Waals surface area contributed by atoms with Gasteiger partial charge in [-0.1, -0.05) is 23.2 Å². The molecule has 0 bridgehead atoms. The SMILES string of the molecule is O=c1cc(CN2CCc3cc(Cl)cc(Cl)c3C2)occ1O. The molecule has 0 spiro atoms. The molecule has 0 atom stereocenters. The summed E-state index contributed by atoms with van der Waals surface area (Å²) in [7, 11) is 0. The number of hydrogen-bond donors (Lipinski definition) is 1. The van der Waals surface area contributed by atoms with Crippen LogP contribution in [0, 0.1) is 0 Å². The van der Waals surface area contributed by atoms with E-state index in [1.165, 1.54) is 6.07 Å². The molecule has 0 radical (unpaired) electrons. The normalized spacial score (nSPS) is 15.0. The van der Waals surface area contributed by atoms with Gasteiger partial charge in [-0.15, -0.1) is 0 Å². The van der Waals surface area contributed by atoms with Crippen LogP contribution in [0.2, 0.25) is 10.0 Å². The predicted molar refractivity (Wildman–Crippen MR) is 80.9 cm³/mol. The molecule has 3 rings (SSSR count). The van der Waals surface area contributed by atoms with E-state index in [1.54, 1.807) is 6.07 Å². The van der Waals surface area contributed by atoms with Gasteiger partial charge in [-0.05, 0) is 29.7 Å². The molecule has 1 N–H and O–H groups in total. The van der Waals surface area contributed by atoms with Gasteiger partial charge in [-0.2, -0.15) is 0 Å². The smallest absolute Gasteiger partial charge is 0.226 e. The highest BCUT2D eigenvalue weighted by molar-refractivity contribution is 6.35. The molecule has 6 heteroatoms. The zero-order valence-corrected chi connectivity index (χ0v) is 12.6. The number of fused-ring (bicyclic) bond motifs is 1. The lowest BCUT2D eigenvalue weighted by Crippen LogP contribution is -2.30. The van der Waals surface area contributed by atoms with Crippen LogP contribution in [0.4, 0.5) is 0 Å². The Balaban J connectivity index is 1.80. The summed E-state index contributed by atoms with van der Waals surface area (Å²) in [5.74, 6) is 0.145. The van der Waals surface area contributed by atoms with E-state index in [1.807, 2.05) is 6.07 Å². The lowest BCUT2D eigenvalue weighted by molar-refractivity contribution is 0.222. The van der Waals surface area contributed by atoms with E-state index in [0.29, 0.717) is 28.9 Å². The highest BCUT2D eigenvalue weighted by atomic mass is 35.5. The molecule has 1 aliphatic heterocycles. The number of hydrogen-bond acceptors (Lipinski definition) is 4. The van der Waals surface area contributed by atoms with Crippen molar-refractivity contribution in [3.63, 3.8) is 0 Å². The second-order valence-corrected chi connectivity index (χ2v) is 5.93. The number of aromatic hydroxyl groups is 1. The molecular weight excluding hydrogens is 313 g/mol. The van der Waals surface area contributed by atoms with Crippen molar-refractivity contribution in [1.29, 1.82) is 0 Å². The molecule has 21 heavy (non-hydrogen) atoms. The van der Waals surface area contributed by atoms with Gasteiger partial charge in [0.1, 0.15) is 12.0 Å². The van der Waals surface area contributed by atoms with Crippen LogP contribution in [0.25, 0.3) is 0 Å². The summed E-state index contributed by atoms with van der Waals surface area (Å²) < 4.78 is 5.23. The van der Waals surface area contributed by atoms with Crippen molar-refractivity contribution in [2.45, 2.75) is 19.5 Å². The van der Waals surface area contributed by atoms with E-state index in [-0.39, 0.29) is 5.75 Å². The minimum absolute atomic E-state index is 0.375. The van der Waals surface area contributed by atoms with Crippen molar-refractivity contribution >= 4 is 23.2 Å². The Bertz CT molecular complexity index is 742. The van der Waals surface area contributed by atoms with E-state index >= 15 is 0 Å². The first-order valence-corrected chi connectivity index (χ1v) is 7.28. The number of nitrogens with zero attached hydrogens (tertiary/aromatic N) is 1. The fourth-order valence-electron chi connectivity index (χ4n) is 2.52. The van der Waals surface area contributed by atoms with Crippen LogP contribution < -0.4 is 5.43 Å². The van der Waals surface area contributed by atoms with Crippen LogP contribution in [0.15, 0.2) is 33.7 Å². The Morgan fingerprint density at radius 1 is 1.29 bits per heavy atom. The van der Waals surface area contributed by atoms with Gasteiger partial charge in [-0.25, -0.2) is 0 Å². The number of rotatable bonds is 2. The predicted octanol–water partition coefficient (Wildman–Crippen LogP) is 3.21. The maximum Gasteiger partial charge on any atom is 0.226 e. The highest BCUT2D eigenvalue weighted by Gasteiger charge is 2.20. The monoisotopic (exact) mass is 325 g/mol. The summed E-state index contributed by atoms with van der Waals surface area (Å²) in [5.41, 5.74) is 1.79. The minimum atomic E-state index is -0.432. The van der Waals surface area contributed by atoms with Crippen LogP contribution >= 0.6 is 23.2 Å². The van der Waals surface area contributed by atoms with Gasteiger partial charge >= 0.3 is 0 Å². The van der Waals surface area contributed by atoms with Crippen LogP contribution in [0.3, 0.4) is 0 Å². The topological polar surface area (TPSA) is 53.7 Å². The third kappa shape index (κ3) is 3.07. The van der Waals surface area contributed by atoms with E-state index in [9.17, 15) is 9.90 Å². The molecule has 110 valence electrons. The van der Waals surface area contributed by atoms with Gasteiger partial charge in [0, 0.05) is 29.2 Å². The Kier molecular flexibility index (Phi) is 3.93. The third-order valence-electron chi connectivity index (χ3n) is 3.58. The van der Waals surface area contributed by atoms with E-state index < -0.39 is 5.43 Å². The lowest BCUT2D eigenvalue weighted by Gasteiger charge is -2.29. The second kappa shape index (κ2) is 5.72. The van der Waals surface area contributed by atoms with Gasteiger partial charge < -0.3 is 9.52 Å². The number of halogens is 2. The van der Waals surface area contributed by atoms with Crippen molar-refractivity contribution in [3.05, 3.63) is 61.6 Å². The molecule has 0 saturated heterocycles. The average Bonchev–Trinajstić information content (AvgIpc) is 2.43. The van der Waals surface area contributed by atoms with Crippen molar-refractivity contribution in [2.24, 2.45) is 0 Å². The zero-order chi connectivity index (χ0) is 15.0. The van der Waals surface area contributed by atoms with Gasteiger partial charge in [0.15, 0.2) is 5.75 Å². The second-order valence-electron chi connectivity index (χ2n) is 5.08. The molecule has 0 unspecified atom stereocenters. The van der Waals surface area contributed by atoms with Crippen LogP contribution in [0.1, 0.15) is 16.9 Å². The van der Waals surface area contributed by atoms with Crippen molar-refractivity contribution < 1.29 is 9.52 Å². The Labute approximate surface area is 131 Å². The third-order valence-corrected chi connectivity index (χ3v) is 4.13. The van der Waals surface area contributed by atoms with Crippen molar-refractivity contribution in [3.8, 4) is 5.75 Å². The first-order valence-electron chi connectivity index (χ1n) is 6.53.